The van der Waals surface area contributed by atoms with Crippen molar-refractivity contribution in [2.24, 2.45) is 5.73 Å². The first kappa shape index (κ1) is 7.42. The van der Waals surface area contributed by atoms with Gasteiger partial charge in [0.25, 0.3) is 0 Å². The van der Waals surface area contributed by atoms with Crippen LogP contribution in [0.15, 0.2) is 0 Å². The molecule has 2 nitrogen and oxygen atoms in total. The summed E-state index contributed by atoms with van der Waals surface area (Å²) < 4.78 is 33.2. The molecule has 0 fully saturated rings. The average Bonchev–Trinajstić information content (AvgIpc) is 1.62. The molecule has 0 aromatic rings. The van der Waals surface area contributed by atoms with Gasteiger partial charge in [-0.05, 0) is 0 Å². The van der Waals surface area contributed by atoms with Crippen molar-refractivity contribution in [3.05, 3.63) is 0 Å². The highest BCUT2D eigenvalue weighted by Crippen LogP contribution is 2.16. The van der Waals surface area contributed by atoms with Gasteiger partial charge in [-0.15, -0.1) is 0 Å². The first-order valence-corrected chi connectivity index (χ1v) is 1.68. The Morgan fingerprint density at radius 3 is 1.88 bits per heavy atom. The summed E-state index contributed by atoms with van der Waals surface area (Å²) in [5.41, 5.74) is 4.20. The monoisotopic (exact) mass is 126 g/mol. The summed E-state index contributed by atoms with van der Waals surface area (Å²) in [6.45, 7) is 0. The van der Waals surface area contributed by atoms with Gasteiger partial charge in [-0.25, -0.2) is 0 Å². The van der Waals surface area contributed by atoms with Gasteiger partial charge < -0.3 is 5.73 Å². The molecule has 0 rings (SSSR count). The Morgan fingerprint density at radius 1 is 1.50 bits per heavy atom. The van der Waals surface area contributed by atoms with Crippen LogP contribution in [0.5, 0.6) is 0 Å². The van der Waals surface area contributed by atoms with Crippen LogP contribution < -0.4 is 5.73 Å². The maximum Gasteiger partial charge on any atom is 0.411 e. The van der Waals surface area contributed by atoms with Crippen LogP contribution in [-0.4, -0.2) is 18.5 Å². The van der Waals surface area contributed by atoms with Gasteiger partial charge in [0.2, 0.25) is 6.29 Å². The lowest BCUT2D eigenvalue weighted by Gasteiger charge is -2.05. The molecule has 0 aliphatic carbocycles. The summed E-state index contributed by atoms with van der Waals surface area (Å²) in [5.74, 6) is 0. The normalized spacial score (nSPS) is 15.5. The predicted octanol–water partition coefficient (Wildman–Crippen LogP) is -0.0143. The molecule has 8 heavy (non-hydrogen) atoms. The van der Waals surface area contributed by atoms with Crippen molar-refractivity contribution in [3.63, 3.8) is 0 Å². The van der Waals surface area contributed by atoms with Crippen molar-refractivity contribution in [1.82, 2.24) is 0 Å². The van der Waals surface area contributed by atoms with E-state index in [-0.39, 0.29) is 0 Å². The van der Waals surface area contributed by atoms with Crippen LogP contribution in [0.25, 0.3) is 0 Å². The number of hydrogen-bond donors (Lipinski definition) is 1. The Morgan fingerprint density at radius 2 is 1.88 bits per heavy atom. The molecule has 0 aromatic heterocycles. The first-order valence-electron chi connectivity index (χ1n) is 1.68. The van der Waals surface area contributed by atoms with Gasteiger partial charge in [-0.1, -0.05) is 0 Å². The topological polar surface area (TPSA) is 43.1 Å². The molecule has 0 saturated carbocycles. The number of hydrogen-bond acceptors (Lipinski definition) is 2. The van der Waals surface area contributed by atoms with Crippen molar-refractivity contribution in [2.45, 2.75) is 12.2 Å². The molecule has 1 atom stereocenters. The van der Waals surface area contributed by atoms with E-state index < -0.39 is 12.2 Å². The minimum absolute atomic E-state index is 0.608. The van der Waals surface area contributed by atoms with Crippen LogP contribution in [0.2, 0.25) is 0 Å². The predicted molar refractivity (Wildman–Crippen MR) is 19.7 cm³/mol. The van der Waals surface area contributed by atoms with Crippen molar-refractivity contribution >= 4 is 6.29 Å². The summed E-state index contributed by atoms with van der Waals surface area (Å²) in [4.78, 5) is 9.18. The zero-order valence-corrected chi connectivity index (χ0v) is 3.70. The van der Waals surface area contributed by atoms with E-state index in [0.29, 0.717) is 6.29 Å². The van der Waals surface area contributed by atoms with Gasteiger partial charge in [-0.2, -0.15) is 13.2 Å². The molecule has 1 unspecified atom stereocenters. The third-order valence-electron chi connectivity index (χ3n) is 0.480. The van der Waals surface area contributed by atoms with E-state index in [1.54, 1.807) is 0 Å². The second-order valence-electron chi connectivity index (χ2n) is 1.14. The highest BCUT2D eigenvalue weighted by molar-refractivity contribution is 5.59. The third kappa shape index (κ3) is 1.92. The second kappa shape index (κ2) is 2.13. The first-order chi connectivity index (χ1) is 3.48. The standard InChI is InChI=1S/C3H3F3NO/c4-3(5,6)2(7)1-8/h2H,7H2. The SMILES string of the molecule is NC([C]=O)C(F)(F)F. The fraction of sp³-hybridized carbons (Fsp3) is 0.667. The number of halogens is 3. The summed E-state index contributed by atoms with van der Waals surface area (Å²) >= 11 is 0. The molecular formula is C3H3F3NO. The van der Waals surface area contributed by atoms with Crippen LogP contribution in [0, 0.1) is 0 Å². The Kier molecular flexibility index (Phi) is 1.97. The second-order valence-corrected chi connectivity index (χ2v) is 1.14. The highest BCUT2D eigenvalue weighted by Gasteiger charge is 2.36. The van der Waals surface area contributed by atoms with E-state index in [9.17, 15) is 18.0 Å². The van der Waals surface area contributed by atoms with E-state index in [2.05, 4.69) is 5.73 Å². The van der Waals surface area contributed by atoms with Gasteiger partial charge in [-0.3, -0.25) is 4.79 Å². The van der Waals surface area contributed by atoms with Crippen molar-refractivity contribution in [1.29, 1.82) is 0 Å². The van der Waals surface area contributed by atoms with Crippen LogP contribution in [0.4, 0.5) is 13.2 Å². The lowest BCUT2D eigenvalue weighted by atomic mass is 10.3. The molecule has 0 aliphatic rings. The molecule has 47 valence electrons. The highest BCUT2D eigenvalue weighted by atomic mass is 19.4. The molecule has 1 radical (unpaired) electrons. The molecule has 0 amide bonds. The molecule has 5 heteroatoms. The average molecular weight is 126 g/mol. The summed E-state index contributed by atoms with van der Waals surface area (Å²) in [6, 6.07) is -2.46. The molecule has 0 saturated heterocycles. The van der Waals surface area contributed by atoms with Gasteiger partial charge in [0, 0.05) is 0 Å². The molecule has 0 heterocycles. The van der Waals surface area contributed by atoms with Gasteiger partial charge >= 0.3 is 6.18 Å². The zero-order valence-electron chi connectivity index (χ0n) is 3.70. The Hall–Kier alpha value is -0.580. The Bertz CT molecular complexity index is 89.0. The van der Waals surface area contributed by atoms with E-state index in [4.69, 9.17) is 0 Å². The Labute approximate surface area is 43.5 Å². The third-order valence-corrected chi connectivity index (χ3v) is 0.480. The molecule has 0 aromatic carbocycles. The molecule has 0 spiro atoms. The lowest BCUT2D eigenvalue weighted by Crippen LogP contribution is -2.38. The van der Waals surface area contributed by atoms with Gasteiger partial charge in [0.15, 0.2) is 6.04 Å². The maximum absolute atomic E-state index is 11.1. The van der Waals surface area contributed by atoms with Crippen LogP contribution >= 0.6 is 0 Å². The minimum Gasteiger partial charge on any atom is -0.314 e. The van der Waals surface area contributed by atoms with E-state index >= 15 is 0 Å². The number of nitrogens with two attached hydrogens (primary N) is 1. The zero-order chi connectivity index (χ0) is 6.78. The van der Waals surface area contributed by atoms with Crippen LogP contribution in [0.3, 0.4) is 0 Å². The van der Waals surface area contributed by atoms with Crippen molar-refractivity contribution in [3.8, 4) is 0 Å². The minimum atomic E-state index is -4.64. The van der Waals surface area contributed by atoms with Gasteiger partial charge in [0.1, 0.15) is 0 Å². The summed E-state index contributed by atoms with van der Waals surface area (Å²) in [7, 11) is 0. The quantitative estimate of drug-likeness (QED) is 0.536. The summed E-state index contributed by atoms with van der Waals surface area (Å²) in [5, 5.41) is 0. The van der Waals surface area contributed by atoms with Gasteiger partial charge in [0.05, 0.1) is 0 Å². The van der Waals surface area contributed by atoms with Crippen LogP contribution in [-0.2, 0) is 4.79 Å². The molecule has 0 aliphatic heterocycles. The summed E-state index contributed by atoms with van der Waals surface area (Å²) in [6.07, 6.45) is -4.03. The van der Waals surface area contributed by atoms with Crippen molar-refractivity contribution in [2.75, 3.05) is 0 Å². The van der Waals surface area contributed by atoms with Crippen LogP contribution in [0.1, 0.15) is 0 Å². The fourth-order valence-corrected chi connectivity index (χ4v) is 0.0668. The smallest absolute Gasteiger partial charge is 0.314 e. The van der Waals surface area contributed by atoms with E-state index in [0.717, 1.165) is 0 Å². The maximum atomic E-state index is 11.1. The number of carbonyl (C=O) groups excluding carboxylic acids is 1. The number of alkyl halides is 3. The fourth-order valence-electron chi connectivity index (χ4n) is 0.0668. The number of rotatable bonds is 1. The molecule has 0 bridgehead atoms. The molecule has 2 N–H and O–H groups in total. The van der Waals surface area contributed by atoms with Crippen molar-refractivity contribution < 1.29 is 18.0 Å². The lowest BCUT2D eigenvalue weighted by molar-refractivity contribution is -0.132. The van der Waals surface area contributed by atoms with E-state index in [1.165, 1.54) is 0 Å². The molecular weight excluding hydrogens is 123 g/mol. The van der Waals surface area contributed by atoms with E-state index in [1.807, 2.05) is 0 Å². The largest absolute Gasteiger partial charge is 0.411 e. The Balaban J connectivity index is 3.80.